The van der Waals surface area contributed by atoms with Gasteiger partial charge in [0, 0.05) is 23.6 Å². The number of allylic oxidation sites excluding steroid dienone is 2. The Morgan fingerprint density at radius 3 is 2.53 bits per heavy atom. The average molecular weight is 401 g/mol. The van der Waals surface area contributed by atoms with Crippen molar-refractivity contribution in [3.8, 4) is 5.75 Å². The molecule has 30 heavy (non-hydrogen) atoms. The number of ether oxygens (including phenoxy) is 1. The molecule has 0 saturated heterocycles. The number of carbonyl (C=O) groups is 1. The van der Waals surface area contributed by atoms with Crippen LogP contribution in [-0.2, 0) is 17.3 Å². The van der Waals surface area contributed by atoms with Crippen molar-refractivity contribution in [3.05, 3.63) is 89.7 Å². The Labute approximate surface area is 177 Å². The fraction of sp³-hybridized carbons (Fsp3) is 0.269. The molecule has 2 aromatic carbocycles. The van der Waals surface area contributed by atoms with E-state index in [1.807, 2.05) is 54.6 Å². The quantitative estimate of drug-likeness (QED) is 0.645. The van der Waals surface area contributed by atoms with Crippen LogP contribution in [0.5, 0.6) is 5.75 Å². The van der Waals surface area contributed by atoms with Crippen LogP contribution in [0.4, 0.5) is 0 Å². The standard InChI is InChI=1S/C26H28N2O2/c1-4-19-11-10-15-22(25(27)29)26(19,17-30-20-12-6-5-7-13-20)24-18(2)28(3)23-16-9-8-14-21(23)24/h5-16,22H,4,17H2,1-3H3,(H2,27,29). The minimum Gasteiger partial charge on any atom is -0.492 e. The topological polar surface area (TPSA) is 57.3 Å². The molecule has 0 aliphatic heterocycles. The molecule has 4 rings (SSSR count). The van der Waals surface area contributed by atoms with E-state index in [2.05, 4.69) is 43.7 Å². The Morgan fingerprint density at radius 1 is 1.13 bits per heavy atom. The van der Waals surface area contributed by atoms with E-state index in [-0.39, 0.29) is 5.91 Å². The van der Waals surface area contributed by atoms with Crippen LogP contribution in [0.1, 0.15) is 24.6 Å². The lowest BCUT2D eigenvalue weighted by atomic mass is 9.62. The van der Waals surface area contributed by atoms with Crippen LogP contribution in [0.2, 0.25) is 0 Å². The summed E-state index contributed by atoms with van der Waals surface area (Å²) in [5.41, 5.74) is 9.85. The van der Waals surface area contributed by atoms with Crippen molar-refractivity contribution in [2.45, 2.75) is 25.7 Å². The maximum absolute atomic E-state index is 12.8. The number of amides is 1. The Hall–Kier alpha value is -3.27. The normalized spacial score (nSPS) is 20.9. The molecule has 0 saturated carbocycles. The van der Waals surface area contributed by atoms with Gasteiger partial charge in [-0.15, -0.1) is 0 Å². The van der Waals surface area contributed by atoms with Gasteiger partial charge in [-0.1, -0.05) is 67.1 Å². The van der Waals surface area contributed by atoms with E-state index >= 15 is 0 Å². The summed E-state index contributed by atoms with van der Waals surface area (Å²) in [6.45, 7) is 4.58. The number of carbonyl (C=O) groups excluding carboxylic acids is 1. The van der Waals surface area contributed by atoms with Gasteiger partial charge in [0.05, 0.1) is 11.3 Å². The number of hydrogen-bond donors (Lipinski definition) is 1. The molecule has 1 aliphatic rings. The first-order valence-corrected chi connectivity index (χ1v) is 10.4. The summed E-state index contributed by atoms with van der Waals surface area (Å²) in [6, 6.07) is 18.1. The maximum Gasteiger partial charge on any atom is 0.225 e. The summed E-state index contributed by atoms with van der Waals surface area (Å²) in [6.07, 6.45) is 6.80. The SMILES string of the molecule is CCC1=CC=CC(C(N)=O)C1(COc1ccccc1)c1c(C)n(C)c2ccccc12. The molecule has 1 aliphatic carbocycles. The highest BCUT2D eigenvalue weighted by Gasteiger charge is 2.49. The number of aryl methyl sites for hydroxylation is 1. The molecule has 3 aromatic rings. The Balaban J connectivity index is 1.99. The third-order valence-corrected chi connectivity index (χ3v) is 6.45. The summed E-state index contributed by atoms with van der Waals surface area (Å²) in [7, 11) is 2.07. The fourth-order valence-corrected chi connectivity index (χ4v) is 4.94. The van der Waals surface area contributed by atoms with E-state index < -0.39 is 11.3 Å². The highest BCUT2D eigenvalue weighted by molar-refractivity contribution is 5.90. The van der Waals surface area contributed by atoms with Crippen LogP contribution in [0.3, 0.4) is 0 Å². The zero-order chi connectivity index (χ0) is 21.3. The van der Waals surface area contributed by atoms with Crippen molar-refractivity contribution in [2.24, 2.45) is 18.7 Å². The van der Waals surface area contributed by atoms with Gasteiger partial charge in [0.1, 0.15) is 12.4 Å². The second kappa shape index (κ2) is 7.86. The second-order valence-electron chi connectivity index (χ2n) is 7.92. The average Bonchev–Trinajstić information content (AvgIpc) is 3.03. The molecule has 2 N–H and O–H groups in total. The predicted octanol–water partition coefficient (Wildman–Crippen LogP) is 4.81. The molecule has 154 valence electrons. The van der Waals surface area contributed by atoms with Crippen molar-refractivity contribution < 1.29 is 9.53 Å². The first kappa shape index (κ1) is 20.0. The van der Waals surface area contributed by atoms with Crippen LogP contribution in [0.15, 0.2) is 78.4 Å². The highest BCUT2D eigenvalue weighted by atomic mass is 16.5. The molecular weight excluding hydrogens is 372 g/mol. The Kier molecular flexibility index (Phi) is 5.25. The number of rotatable bonds is 6. The van der Waals surface area contributed by atoms with Crippen LogP contribution < -0.4 is 10.5 Å². The Bertz CT molecular complexity index is 1140. The van der Waals surface area contributed by atoms with Crippen LogP contribution in [0.25, 0.3) is 10.9 Å². The lowest BCUT2D eigenvalue weighted by molar-refractivity contribution is -0.122. The van der Waals surface area contributed by atoms with E-state index in [1.54, 1.807) is 0 Å². The first-order valence-electron chi connectivity index (χ1n) is 10.4. The van der Waals surface area contributed by atoms with Gasteiger partial charge in [0.25, 0.3) is 0 Å². The van der Waals surface area contributed by atoms with Crippen molar-refractivity contribution in [1.29, 1.82) is 0 Å². The van der Waals surface area contributed by atoms with Crippen LogP contribution in [0, 0.1) is 12.8 Å². The fourth-order valence-electron chi connectivity index (χ4n) is 4.94. The Morgan fingerprint density at radius 2 is 1.83 bits per heavy atom. The van der Waals surface area contributed by atoms with Crippen molar-refractivity contribution in [3.63, 3.8) is 0 Å². The number of aromatic nitrogens is 1. The van der Waals surface area contributed by atoms with E-state index in [9.17, 15) is 4.79 Å². The van der Waals surface area contributed by atoms with Gasteiger partial charge in [-0.25, -0.2) is 0 Å². The van der Waals surface area contributed by atoms with Crippen LogP contribution >= 0.6 is 0 Å². The van der Waals surface area contributed by atoms with Crippen molar-refractivity contribution in [1.82, 2.24) is 4.57 Å². The largest absolute Gasteiger partial charge is 0.492 e. The highest BCUT2D eigenvalue weighted by Crippen LogP contribution is 2.48. The maximum atomic E-state index is 12.8. The second-order valence-corrected chi connectivity index (χ2v) is 7.92. The van der Waals surface area contributed by atoms with Gasteiger partial charge < -0.3 is 15.0 Å². The third-order valence-electron chi connectivity index (χ3n) is 6.45. The molecule has 2 atom stereocenters. The summed E-state index contributed by atoms with van der Waals surface area (Å²) < 4.78 is 8.53. The lowest BCUT2D eigenvalue weighted by Crippen LogP contribution is -2.49. The van der Waals surface area contributed by atoms with Crippen molar-refractivity contribution in [2.75, 3.05) is 6.61 Å². The number of fused-ring (bicyclic) bond motifs is 1. The number of nitrogens with two attached hydrogens (primary N) is 1. The molecule has 2 unspecified atom stereocenters. The molecule has 0 radical (unpaired) electrons. The molecule has 1 amide bonds. The molecule has 0 spiro atoms. The minimum atomic E-state index is -0.671. The zero-order valence-electron chi connectivity index (χ0n) is 17.8. The molecule has 1 heterocycles. The van der Waals surface area contributed by atoms with Gasteiger partial charge in [-0.3, -0.25) is 4.79 Å². The number of hydrogen-bond acceptors (Lipinski definition) is 2. The van der Waals surface area contributed by atoms with Gasteiger partial charge in [0.15, 0.2) is 0 Å². The van der Waals surface area contributed by atoms with Crippen molar-refractivity contribution >= 4 is 16.8 Å². The van der Waals surface area contributed by atoms with Gasteiger partial charge >= 0.3 is 0 Å². The minimum absolute atomic E-state index is 0.337. The van der Waals surface area contributed by atoms with Gasteiger partial charge in [0.2, 0.25) is 5.91 Å². The van der Waals surface area contributed by atoms with E-state index in [0.29, 0.717) is 6.61 Å². The molecule has 1 aromatic heterocycles. The van der Waals surface area contributed by atoms with Gasteiger partial charge in [-0.05, 0) is 37.1 Å². The third kappa shape index (κ3) is 3.04. The number of para-hydroxylation sites is 2. The smallest absolute Gasteiger partial charge is 0.225 e. The van der Waals surface area contributed by atoms with Gasteiger partial charge in [-0.2, -0.15) is 0 Å². The molecular formula is C26H28N2O2. The molecule has 4 nitrogen and oxygen atoms in total. The van der Waals surface area contributed by atoms with E-state index in [1.165, 1.54) is 0 Å². The molecule has 4 heteroatoms. The van der Waals surface area contributed by atoms with E-state index in [4.69, 9.17) is 10.5 Å². The molecule has 0 fully saturated rings. The summed E-state index contributed by atoms with van der Waals surface area (Å²) in [5.74, 6) is -0.0528. The number of benzene rings is 2. The molecule has 0 bridgehead atoms. The summed E-state index contributed by atoms with van der Waals surface area (Å²) in [4.78, 5) is 12.8. The zero-order valence-corrected chi connectivity index (χ0v) is 17.8. The monoisotopic (exact) mass is 400 g/mol. The summed E-state index contributed by atoms with van der Waals surface area (Å²) >= 11 is 0. The summed E-state index contributed by atoms with van der Waals surface area (Å²) in [5, 5.41) is 1.13. The number of primary amides is 1. The number of nitrogens with zero attached hydrogens (tertiary/aromatic N) is 1. The lowest BCUT2D eigenvalue weighted by Gasteiger charge is -2.42. The van der Waals surface area contributed by atoms with Crippen LogP contribution in [-0.4, -0.2) is 17.1 Å². The first-order chi connectivity index (χ1) is 14.5. The predicted molar refractivity (Wildman–Crippen MR) is 121 cm³/mol. The van der Waals surface area contributed by atoms with E-state index in [0.717, 1.165) is 39.9 Å².